The first kappa shape index (κ1) is 14.8. The Morgan fingerprint density at radius 2 is 1.85 bits per heavy atom. The molecular weight excluding hydrogens is 258 g/mol. The fraction of sp³-hybridized carbons (Fsp3) is 0.533. The van der Waals surface area contributed by atoms with Crippen molar-refractivity contribution in [3.63, 3.8) is 0 Å². The van der Waals surface area contributed by atoms with Crippen LogP contribution in [0.25, 0.3) is 0 Å². The van der Waals surface area contributed by atoms with E-state index in [2.05, 4.69) is 0 Å². The van der Waals surface area contributed by atoms with E-state index in [1.807, 2.05) is 24.3 Å². The molecule has 1 fully saturated rings. The topological polar surface area (TPSA) is 59.0 Å². The van der Waals surface area contributed by atoms with Crippen molar-refractivity contribution in [2.75, 3.05) is 33.9 Å². The largest absolute Gasteiger partial charge is 0.497 e. The van der Waals surface area contributed by atoms with Crippen LogP contribution in [0.3, 0.4) is 0 Å². The van der Waals surface area contributed by atoms with Gasteiger partial charge in [-0.3, -0.25) is 4.79 Å². The molecule has 1 aliphatic heterocycles. The highest BCUT2D eigenvalue weighted by Crippen LogP contribution is 2.33. The van der Waals surface area contributed by atoms with Gasteiger partial charge in [-0.2, -0.15) is 0 Å². The van der Waals surface area contributed by atoms with Crippen LogP contribution in [0.5, 0.6) is 5.75 Å². The van der Waals surface area contributed by atoms with Crippen LogP contribution in [0.2, 0.25) is 0 Å². The fourth-order valence-electron chi connectivity index (χ4n) is 2.53. The van der Waals surface area contributed by atoms with Gasteiger partial charge >= 0.3 is 0 Å². The van der Waals surface area contributed by atoms with Crippen molar-refractivity contribution in [3.8, 4) is 5.75 Å². The predicted molar refractivity (Wildman–Crippen MR) is 74.6 cm³/mol. The number of benzene rings is 1. The first-order chi connectivity index (χ1) is 9.59. The van der Waals surface area contributed by atoms with Gasteiger partial charge in [-0.1, -0.05) is 12.1 Å². The molecule has 5 heteroatoms. The second-order valence-corrected chi connectivity index (χ2v) is 5.07. The molecule has 2 rings (SSSR count). The van der Waals surface area contributed by atoms with Crippen LogP contribution < -0.4 is 4.74 Å². The monoisotopic (exact) mass is 279 g/mol. The van der Waals surface area contributed by atoms with E-state index >= 15 is 0 Å². The van der Waals surface area contributed by atoms with E-state index in [9.17, 15) is 9.90 Å². The lowest BCUT2D eigenvalue weighted by Gasteiger charge is -2.38. The van der Waals surface area contributed by atoms with Gasteiger partial charge in [0.05, 0.1) is 12.7 Å². The van der Waals surface area contributed by atoms with E-state index in [1.54, 1.807) is 12.0 Å². The van der Waals surface area contributed by atoms with Crippen molar-refractivity contribution in [2.24, 2.45) is 0 Å². The van der Waals surface area contributed by atoms with Gasteiger partial charge in [0.2, 0.25) is 5.91 Å². The van der Waals surface area contributed by atoms with E-state index in [0.717, 1.165) is 11.3 Å². The number of methoxy groups -OCH3 is 2. The van der Waals surface area contributed by atoms with Crippen LogP contribution in [0, 0.1) is 0 Å². The number of aliphatic hydroxyl groups is 1. The predicted octanol–water partition coefficient (Wildman–Crippen LogP) is 1.15. The van der Waals surface area contributed by atoms with E-state index in [-0.39, 0.29) is 12.5 Å². The zero-order chi connectivity index (χ0) is 14.6. The summed E-state index contributed by atoms with van der Waals surface area (Å²) in [7, 11) is 3.12. The molecule has 1 heterocycles. The number of carbonyl (C=O) groups excluding carboxylic acids is 1. The van der Waals surface area contributed by atoms with Crippen molar-refractivity contribution >= 4 is 5.91 Å². The zero-order valence-corrected chi connectivity index (χ0v) is 12.0. The summed E-state index contributed by atoms with van der Waals surface area (Å²) in [4.78, 5) is 13.5. The Labute approximate surface area is 119 Å². The average molecular weight is 279 g/mol. The minimum Gasteiger partial charge on any atom is -0.497 e. The summed E-state index contributed by atoms with van der Waals surface area (Å²) in [5.41, 5.74) is 0.00740. The molecule has 1 N–H and O–H groups in total. The summed E-state index contributed by atoms with van der Waals surface area (Å²) in [6.07, 6.45) is 1.07. The molecule has 5 nitrogen and oxygen atoms in total. The third-order valence-electron chi connectivity index (χ3n) is 3.84. The maximum absolute atomic E-state index is 11.7. The summed E-state index contributed by atoms with van der Waals surface area (Å²) >= 11 is 0. The summed E-state index contributed by atoms with van der Waals surface area (Å²) in [5, 5.41) is 10.7. The number of carbonyl (C=O) groups is 1. The summed E-state index contributed by atoms with van der Waals surface area (Å²) in [6, 6.07) is 7.45. The molecule has 20 heavy (non-hydrogen) atoms. The third-order valence-corrected chi connectivity index (χ3v) is 3.84. The number of hydrogen-bond donors (Lipinski definition) is 1. The number of amides is 1. The SMILES string of the molecule is COCC(=O)N1CCC(O)(c2ccc(OC)cc2)CC1. The lowest BCUT2D eigenvalue weighted by Crippen LogP contribution is -2.46. The van der Waals surface area contributed by atoms with Crippen molar-refractivity contribution in [3.05, 3.63) is 29.8 Å². The molecule has 0 bridgehead atoms. The smallest absolute Gasteiger partial charge is 0.248 e. The molecule has 0 atom stereocenters. The van der Waals surface area contributed by atoms with E-state index in [4.69, 9.17) is 9.47 Å². The maximum atomic E-state index is 11.7. The van der Waals surface area contributed by atoms with Crippen molar-refractivity contribution in [1.82, 2.24) is 4.90 Å². The van der Waals surface area contributed by atoms with Gasteiger partial charge in [-0.15, -0.1) is 0 Å². The normalized spacial score (nSPS) is 17.9. The molecule has 0 aliphatic carbocycles. The van der Waals surface area contributed by atoms with Crippen LogP contribution in [0.4, 0.5) is 0 Å². The number of nitrogens with zero attached hydrogens (tertiary/aromatic N) is 1. The molecule has 0 radical (unpaired) electrons. The minimum absolute atomic E-state index is 0.0238. The first-order valence-electron chi connectivity index (χ1n) is 6.73. The molecule has 110 valence electrons. The highest BCUT2D eigenvalue weighted by atomic mass is 16.5. The zero-order valence-electron chi connectivity index (χ0n) is 12.0. The number of hydrogen-bond acceptors (Lipinski definition) is 4. The van der Waals surface area contributed by atoms with Gasteiger partial charge in [0.25, 0.3) is 0 Å². The van der Waals surface area contributed by atoms with Gasteiger partial charge in [0, 0.05) is 20.2 Å². The molecule has 0 spiro atoms. The summed E-state index contributed by atoms with van der Waals surface area (Å²) in [6.45, 7) is 1.19. The molecule has 1 saturated heterocycles. The fourth-order valence-corrected chi connectivity index (χ4v) is 2.53. The molecule has 0 unspecified atom stereocenters. The Bertz CT molecular complexity index is 449. The second-order valence-electron chi connectivity index (χ2n) is 5.07. The highest BCUT2D eigenvalue weighted by Gasteiger charge is 2.35. The minimum atomic E-state index is -0.865. The van der Waals surface area contributed by atoms with Gasteiger partial charge < -0.3 is 19.5 Å². The molecule has 1 amide bonds. The van der Waals surface area contributed by atoms with Crippen LogP contribution in [-0.2, 0) is 15.1 Å². The van der Waals surface area contributed by atoms with Crippen molar-refractivity contribution in [2.45, 2.75) is 18.4 Å². The number of likely N-dealkylation sites (tertiary alicyclic amines) is 1. The van der Waals surface area contributed by atoms with Crippen LogP contribution in [-0.4, -0.2) is 49.8 Å². The Balaban J connectivity index is 2.01. The van der Waals surface area contributed by atoms with Crippen molar-refractivity contribution < 1.29 is 19.4 Å². The second kappa shape index (κ2) is 6.24. The molecular formula is C15H21NO4. The summed E-state index contributed by atoms with van der Waals surface area (Å²) in [5.74, 6) is 0.745. The van der Waals surface area contributed by atoms with Crippen LogP contribution in [0.15, 0.2) is 24.3 Å². The highest BCUT2D eigenvalue weighted by molar-refractivity contribution is 5.77. The molecule has 0 aromatic heterocycles. The van der Waals surface area contributed by atoms with Gasteiger partial charge in [0.1, 0.15) is 12.4 Å². The Hall–Kier alpha value is -1.59. The Morgan fingerprint density at radius 1 is 1.25 bits per heavy atom. The number of ether oxygens (including phenoxy) is 2. The Kier molecular flexibility index (Phi) is 4.62. The number of piperidine rings is 1. The van der Waals surface area contributed by atoms with Crippen molar-refractivity contribution in [1.29, 1.82) is 0 Å². The molecule has 1 aliphatic rings. The quantitative estimate of drug-likeness (QED) is 0.898. The molecule has 1 aromatic rings. The Morgan fingerprint density at radius 3 is 2.35 bits per heavy atom. The lowest BCUT2D eigenvalue weighted by molar-refractivity contribution is -0.139. The third kappa shape index (κ3) is 3.11. The number of rotatable bonds is 4. The van der Waals surface area contributed by atoms with Gasteiger partial charge in [0.15, 0.2) is 0 Å². The molecule has 0 saturated carbocycles. The van der Waals surface area contributed by atoms with E-state index < -0.39 is 5.60 Å². The van der Waals surface area contributed by atoms with Gasteiger partial charge in [-0.05, 0) is 30.5 Å². The maximum Gasteiger partial charge on any atom is 0.248 e. The summed E-state index contributed by atoms with van der Waals surface area (Å²) < 4.78 is 9.97. The molecule has 1 aromatic carbocycles. The first-order valence-corrected chi connectivity index (χ1v) is 6.73. The van der Waals surface area contributed by atoms with Gasteiger partial charge in [-0.25, -0.2) is 0 Å². The van der Waals surface area contributed by atoms with Crippen LogP contribution in [0.1, 0.15) is 18.4 Å². The lowest BCUT2D eigenvalue weighted by atomic mass is 9.84. The van der Waals surface area contributed by atoms with E-state index in [1.165, 1.54) is 7.11 Å². The standard InChI is InChI=1S/C15H21NO4/c1-19-11-14(17)16-9-7-15(18,8-10-16)12-3-5-13(20-2)6-4-12/h3-6,18H,7-11H2,1-2H3. The van der Waals surface area contributed by atoms with Crippen LogP contribution >= 0.6 is 0 Å². The van der Waals surface area contributed by atoms with E-state index in [0.29, 0.717) is 25.9 Å². The average Bonchev–Trinajstić information content (AvgIpc) is 2.48.